The van der Waals surface area contributed by atoms with Crippen molar-refractivity contribution in [1.82, 2.24) is 9.80 Å². The summed E-state index contributed by atoms with van der Waals surface area (Å²) in [5, 5.41) is 0. The van der Waals surface area contributed by atoms with E-state index in [0.29, 0.717) is 32.2 Å². The van der Waals surface area contributed by atoms with Gasteiger partial charge < -0.3 is 19.3 Å². The Morgan fingerprint density at radius 1 is 1.19 bits per heavy atom. The highest BCUT2D eigenvalue weighted by atomic mass is 32.1. The Hall–Kier alpha value is -2.05. The van der Waals surface area contributed by atoms with Crippen molar-refractivity contribution >= 4 is 17.2 Å². The van der Waals surface area contributed by atoms with Crippen LogP contribution in [0.5, 0.6) is 11.5 Å². The molecule has 0 N–H and O–H groups in total. The van der Waals surface area contributed by atoms with Gasteiger partial charge in [0.15, 0.2) is 11.5 Å². The van der Waals surface area contributed by atoms with Crippen molar-refractivity contribution in [1.29, 1.82) is 0 Å². The number of fused-ring (bicyclic) bond motifs is 1. The van der Waals surface area contributed by atoms with Gasteiger partial charge >= 0.3 is 0 Å². The van der Waals surface area contributed by atoms with E-state index in [0.717, 1.165) is 42.0 Å². The van der Waals surface area contributed by atoms with Gasteiger partial charge in [0.05, 0.1) is 13.2 Å². The average Bonchev–Trinajstić information content (AvgIpc) is 3.05. The van der Waals surface area contributed by atoms with Crippen LogP contribution in [-0.2, 0) is 11.3 Å². The first-order chi connectivity index (χ1) is 15.6. The average molecular weight is 455 g/mol. The van der Waals surface area contributed by atoms with E-state index in [9.17, 15) is 4.79 Å². The smallest absolute Gasteiger partial charge is 0.226 e. The molecule has 2 aliphatic heterocycles. The van der Waals surface area contributed by atoms with E-state index in [4.69, 9.17) is 9.47 Å². The molecule has 32 heavy (non-hydrogen) atoms. The summed E-state index contributed by atoms with van der Waals surface area (Å²) in [5.41, 5.74) is 2.22. The lowest BCUT2D eigenvalue weighted by Gasteiger charge is -2.30. The molecule has 6 heteroatoms. The zero-order valence-electron chi connectivity index (χ0n) is 19.3. The summed E-state index contributed by atoms with van der Waals surface area (Å²) >= 11 is 1.79. The third-order valence-corrected chi connectivity index (χ3v) is 8.14. The number of aryl methyl sites for hydroxylation is 1. The number of likely N-dealkylation sites (tertiary alicyclic amines) is 1. The molecule has 1 saturated carbocycles. The molecule has 1 unspecified atom stereocenters. The van der Waals surface area contributed by atoms with Crippen molar-refractivity contribution in [2.75, 3.05) is 39.9 Å². The summed E-state index contributed by atoms with van der Waals surface area (Å²) in [5.74, 6) is 2.70. The van der Waals surface area contributed by atoms with Crippen molar-refractivity contribution in [2.24, 2.45) is 11.8 Å². The number of benzene rings is 1. The molecule has 172 valence electrons. The van der Waals surface area contributed by atoms with Gasteiger partial charge in [-0.1, -0.05) is 6.42 Å². The molecule has 3 heterocycles. The molecule has 0 spiro atoms. The number of hydrogen-bond donors (Lipinski definition) is 0. The fourth-order valence-electron chi connectivity index (χ4n) is 5.04. The number of amides is 1. The molecule has 1 aliphatic carbocycles. The Bertz CT molecular complexity index is 968. The number of carbonyl (C=O) groups is 1. The molecule has 2 aromatic rings. The van der Waals surface area contributed by atoms with Crippen molar-refractivity contribution in [2.45, 2.75) is 45.6 Å². The normalized spacial score (nSPS) is 21.9. The first-order valence-corrected chi connectivity index (χ1v) is 12.8. The maximum Gasteiger partial charge on any atom is 0.226 e. The lowest BCUT2D eigenvalue weighted by Crippen LogP contribution is -2.39. The largest absolute Gasteiger partial charge is 0.489 e. The van der Waals surface area contributed by atoms with E-state index in [2.05, 4.69) is 43.1 Å². The van der Waals surface area contributed by atoms with Crippen molar-refractivity contribution in [3.63, 3.8) is 0 Å². The number of thiophene rings is 1. The molecular weight excluding hydrogens is 420 g/mol. The highest BCUT2D eigenvalue weighted by molar-refractivity contribution is 7.15. The number of ether oxygens (including phenoxy) is 2. The minimum Gasteiger partial charge on any atom is -0.489 e. The van der Waals surface area contributed by atoms with Gasteiger partial charge in [-0.25, -0.2) is 0 Å². The number of rotatable bonds is 5. The molecule has 1 aromatic heterocycles. The summed E-state index contributed by atoms with van der Waals surface area (Å²) in [4.78, 5) is 19.9. The summed E-state index contributed by atoms with van der Waals surface area (Å²) in [7, 11) is 2.19. The van der Waals surface area contributed by atoms with Crippen LogP contribution >= 0.6 is 11.3 Å². The van der Waals surface area contributed by atoms with Crippen LogP contribution in [0.25, 0.3) is 10.4 Å². The number of carbonyl (C=O) groups excluding carboxylic acids is 1. The lowest BCUT2D eigenvalue weighted by molar-refractivity contribution is -0.138. The highest BCUT2D eigenvalue weighted by Crippen LogP contribution is 2.41. The Morgan fingerprint density at radius 2 is 2.06 bits per heavy atom. The molecule has 3 aliphatic rings. The molecule has 0 radical (unpaired) electrons. The second-order valence-corrected chi connectivity index (χ2v) is 11.0. The Balaban J connectivity index is 1.43. The lowest BCUT2D eigenvalue weighted by atomic mass is 9.84. The number of piperidine rings is 1. The monoisotopic (exact) mass is 454 g/mol. The molecule has 1 saturated heterocycles. The fraction of sp³-hybridized carbons (Fsp3) is 0.577. The van der Waals surface area contributed by atoms with Gasteiger partial charge in [-0.05, 0) is 76.0 Å². The van der Waals surface area contributed by atoms with E-state index >= 15 is 0 Å². The van der Waals surface area contributed by atoms with Gasteiger partial charge in [0.25, 0.3) is 0 Å². The second-order valence-electron chi connectivity index (χ2n) is 9.69. The summed E-state index contributed by atoms with van der Waals surface area (Å²) in [6, 6.07) is 8.68. The van der Waals surface area contributed by atoms with E-state index in [1.165, 1.54) is 35.6 Å². The Kier molecular flexibility index (Phi) is 6.42. The molecule has 2 fully saturated rings. The summed E-state index contributed by atoms with van der Waals surface area (Å²) < 4.78 is 12.7. The van der Waals surface area contributed by atoms with Crippen molar-refractivity contribution < 1.29 is 14.3 Å². The summed E-state index contributed by atoms with van der Waals surface area (Å²) in [6.07, 6.45) is 5.67. The maximum absolute atomic E-state index is 13.0. The highest BCUT2D eigenvalue weighted by Gasteiger charge is 2.32. The van der Waals surface area contributed by atoms with Crippen LogP contribution in [-0.4, -0.2) is 55.6 Å². The van der Waals surface area contributed by atoms with Crippen LogP contribution in [0.4, 0.5) is 0 Å². The molecule has 1 aromatic carbocycles. The zero-order valence-corrected chi connectivity index (χ0v) is 20.1. The van der Waals surface area contributed by atoms with Gasteiger partial charge in [-0.2, -0.15) is 0 Å². The standard InChI is InChI=1S/C26H34N2O3S/c1-18-8-9-24(32-18)21-13-22-16-28(26(29)20-6-3-7-20)11-12-30-25(22)23(14-21)31-17-19-5-4-10-27(2)15-19/h8-9,13-14,19-20H,3-7,10-12,15-17H2,1-2H3. The third kappa shape index (κ3) is 4.67. The van der Waals surface area contributed by atoms with Crippen LogP contribution in [0.1, 0.15) is 42.5 Å². The van der Waals surface area contributed by atoms with Gasteiger partial charge in [-0.3, -0.25) is 4.79 Å². The topological polar surface area (TPSA) is 42.0 Å². The van der Waals surface area contributed by atoms with E-state index in [-0.39, 0.29) is 11.8 Å². The number of hydrogen-bond acceptors (Lipinski definition) is 5. The van der Waals surface area contributed by atoms with Crippen LogP contribution in [0.3, 0.4) is 0 Å². The Labute approximate surface area is 195 Å². The molecule has 1 amide bonds. The molecule has 1 atom stereocenters. The van der Waals surface area contributed by atoms with E-state index in [1.54, 1.807) is 11.3 Å². The predicted octanol–water partition coefficient (Wildman–Crippen LogP) is 4.97. The molecule has 5 rings (SSSR count). The SMILES string of the molecule is Cc1ccc(-c2cc3c(c(OCC4CCCN(C)C4)c2)OCCN(C(=O)C2CCC2)C3)s1. The van der Waals surface area contributed by atoms with Crippen LogP contribution in [0, 0.1) is 18.8 Å². The fourth-order valence-corrected chi connectivity index (χ4v) is 5.90. The number of nitrogens with zero attached hydrogens (tertiary/aromatic N) is 2. The minimum atomic E-state index is 0.207. The molecular formula is C26H34N2O3S. The van der Waals surface area contributed by atoms with Gasteiger partial charge in [0, 0.05) is 40.2 Å². The van der Waals surface area contributed by atoms with Crippen LogP contribution < -0.4 is 9.47 Å². The quantitative estimate of drug-likeness (QED) is 0.640. The van der Waals surface area contributed by atoms with Gasteiger partial charge in [0.2, 0.25) is 5.91 Å². The minimum absolute atomic E-state index is 0.207. The maximum atomic E-state index is 13.0. The van der Waals surface area contributed by atoms with Crippen LogP contribution in [0.2, 0.25) is 0 Å². The van der Waals surface area contributed by atoms with Gasteiger partial charge in [-0.15, -0.1) is 11.3 Å². The Morgan fingerprint density at radius 3 is 2.78 bits per heavy atom. The van der Waals surface area contributed by atoms with Crippen molar-refractivity contribution in [3.8, 4) is 21.9 Å². The van der Waals surface area contributed by atoms with E-state index < -0.39 is 0 Å². The first kappa shape index (κ1) is 21.8. The van der Waals surface area contributed by atoms with Gasteiger partial charge in [0.1, 0.15) is 6.61 Å². The first-order valence-electron chi connectivity index (χ1n) is 12.0. The zero-order chi connectivity index (χ0) is 22.1. The third-order valence-electron chi connectivity index (χ3n) is 7.09. The van der Waals surface area contributed by atoms with Crippen LogP contribution in [0.15, 0.2) is 24.3 Å². The second kappa shape index (κ2) is 9.44. The van der Waals surface area contributed by atoms with Crippen molar-refractivity contribution in [3.05, 3.63) is 34.7 Å². The molecule has 0 bridgehead atoms. The van der Waals surface area contributed by atoms with E-state index in [1.807, 2.05) is 4.90 Å². The summed E-state index contributed by atoms with van der Waals surface area (Å²) in [6.45, 7) is 6.86. The molecule has 5 nitrogen and oxygen atoms in total. The predicted molar refractivity (Wildman–Crippen MR) is 128 cm³/mol.